The number of rotatable bonds is 8. The summed E-state index contributed by atoms with van der Waals surface area (Å²) in [6, 6.07) is 0. The lowest BCUT2D eigenvalue weighted by Crippen LogP contribution is -2.19. The van der Waals surface area contributed by atoms with Gasteiger partial charge in [0, 0.05) is 6.21 Å². The fourth-order valence-corrected chi connectivity index (χ4v) is 1.35. The van der Waals surface area contributed by atoms with Gasteiger partial charge in [-0.2, -0.15) is 5.10 Å². The van der Waals surface area contributed by atoms with E-state index < -0.39 is 6.09 Å². The number of hydrogen-bond acceptors (Lipinski definition) is 3. The first kappa shape index (κ1) is 14.9. The largest absolute Gasteiger partial charge is 0.449 e. The van der Waals surface area contributed by atoms with Gasteiger partial charge >= 0.3 is 6.09 Å². The smallest absolute Gasteiger partial charge is 0.427 e. The van der Waals surface area contributed by atoms with Crippen molar-refractivity contribution in [2.24, 2.45) is 11.0 Å². The molecule has 1 atom stereocenters. The Morgan fingerprint density at radius 3 is 2.75 bits per heavy atom. The molecule has 0 spiro atoms. The molecule has 0 heterocycles. The summed E-state index contributed by atoms with van der Waals surface area (Å²) in [6.07, 6.45) is 7.45. The van der Waals surface area contributed by atoms with Crippen LogP contribution in [0.15, 0.2) is 5.10 Å². The van der Waals surface area contributed by atoms with Gasteiger partial charge in [0.05, 0.1) is 6.61 Å². The van der Waals surface area contributed by atoms with Gasteiger partial charge in [0.1, 0.15) is 0 Å². The van der Waals surface area contributed by atoms with E-state index in [1.54, 1.807) is 13.1 Å². The van der Waals surface area contributed by atoms with Crippen molar-refractivity contribution in [3.63, 3.8) is 0 Å². The van der Waals surface area contributed by atoms with Crippen LogP contribution in [0.25, 0.3) is 0 Å². The Hall–Kier alpha value is -1.06. The van der Waals surface area contributed by atoms with Crippen molar-refractivity contribution >= 4 is 12.3 Å². The van der Waals surface area contributed by atoms with Crippen LogP contribution in [0.4, 0.5) is 4.79 Å². The molecular weight excluding hydrogens is 204 g/mol. The summed E-state index contributed by atoms with van der Waals surface area (Å²) in [5.74, 6) is 0.402. The molecule has 4 heteroatoms. The Labute approximate surface area is 98.4 Å². The number of amides is 1. The van der Waals surface area contributed by atoms with Crippen LogP contribution in [0.3, 0.4) is 0 Å². The van der Waals surface area contributed by atoms with Crippen LogP contribution >= 0.6 is 0 Å². The summed E-state index contributed by atoms with van der Waals surface area (Å²) < 4.78 is 4.67. The molecule has 0 bridgehead atoms. The zero-order valence-electron chi connectivity index (χ0n) is 10.7. The first-order valence-electron chi connectivity index (χ1n) is 6.16. The van der Waals surface area contributed by atoms with E-state index in [9.17, 15) is 4.79 Å². The third-order valence-corrected chi connectivity index (χ3v) is 2.27. The van der Waals surface area contributed by atoms with Crippen molar-refractivity contribution < 1.29 is 9.53 Å². The molecule has 0 rings (SSSR count). The number of nitrogens with zero attached hydrogens (tertiary/aromatic N) is 1. The number of unbranched alkanes of at least 4 members (excludes halogenated alkanes) is 3. The van der Waals surface area contributed by atoms with Gasteiger partial charge in [0.2, 0.25) is 0 Å². The van der Waals surface area contributed by atoms with Crippen molar-refractivity contribution in [2.75, 3.05) is 6.61 Å². The maximum atomic E-state index is 10.9. The molecule has 1 amide bonds. The molecule has 0 aliphatic heterocycles. The van der Waals surface area contributed by atoms with Crippen molar-refractivity contribution in [3.05, 3.63) is 0 Å². The van der Waals surface area contributed by atoms with Crippen LogP contribution in [-0.2, 0) is 4.74 Å². The fraction of sp³-hybridized carbons (Fsp3) is 0.833. The quantitative estimate of drug-likeness (QED) is 0.393. The predicted octanol–water partition coefficient (Wildman–Crippen LogP) is 3.32. The minimum Gasteiger partial charge on any atom is -0.449 e. The summed E-state index contributed by atoms with van der Waals surface area (Å²) in [4.78, 5) is 10.9. The van der Waals surface area contributed by atoms with E-state index in [4.69, 9.17) is 0 Å². The maximum Gasteiger partial charge on any atom is 0.427 e. The summed E-state index contributed by atoms with van der Waals surface area (Å²) in [6.45, 7) is 6.43. The highest BCUT2D eigenvalue weighted by Gasteiger charge is 1.99. The molecule has 94 valence electrons. The average molecular weight is 228 g/mol. The lowest BCUT2D eigenvalue weighted by atomic mass is 10.0. The van der Waals surface area contributed by atoms with Crippen LogP contribution in [0.5, 0.6) is 0 Å². The Balaban J connectivity index is 3.50. The second-order valence-electron chi connectivity index (χ2n) is 3.94. The van der Waals surface area contributed by atoms with Gasteiger partial charge in [-0.1, -0.05) is 39.5 Å². The van der Waals surface area contributed by atoms with E-state index in [0.29, 0.717) is 12.5 Å². The number of carbonyl (C=O) groups excluding carboxylic acids is 1. The first-order valence-corrected chi connectivity index (χ1v) is 6.16. The first-order chi connectivity index (χ1) is 7.70. The number of nitrogens with one attached hydrogen (secondary N) is 1. The monoisotopic (exact) mass is 228 g/mol. The van der Waals surface area contributed by atoms with Gasteiger partial charge in [-0.3, -0.25) is 0 Å². The van der Waals surface area contributed by atoms with Crippen molar-refractivity contribution in [3.8, 4) is 0 Å². The van der Waals surface area contributed by atoms with Gasteiger partial charge in [-0.15, -0.1) is 0 Å². The standard InChI is InChI=1S/C12H24N2O2/c1-4-6-7-8-9-11(3)10-13-14-12(15)16-5-2/h10-11H,4-9H2,1-3H3,(H,14,15)/b13-10+. The Morgan fingerprint density at radius 1 is 1.38 bits per heavy atom. The van der Waals surface area contributed by atoms with Crippen LogP contribution in [0.2, 0.25) is 0 Å². The Morgan fingerprint density at radius 2 is 2.12 bits per heavy atom. The molecule has 0 aromatic rings. The number of hydrazone groups is 1. The van der Waals surface area contributed by atoms with Gasteiger partial charge in [0.25, 0.3) is 0 Å². The van der Waals surface area contributed by atoms with Crippen molar-refractivity contribution in [1.82, 2.24) is 5.43 Å². The molecule has 0 saturated carbocycles. The maximum absolute atomic E-state index is 10.9. The third kappa shape index (κ3) is 9.49. The predicted molar refractivity (Wildman–Crippen MR) is 66.6 cm³/mol. The molecule has 0 aliphatic carbocycles. The minimum atomic E-state index is -0.489. The van der Waals surface area contributed by atoms with Crippen molar-refractivity contribution in [2.45, 2.75) is 52.9 Å². The second kappa shape index (κ2) is 10.5. The molecule has 16 heavy (non-hydrogen) atoms. The summed E-state index contributed by atoms with van der Waals surface area (Å²) in [5.41, 5.74) is 2.32. The molecule has 1 unspecified atom stereocenters. The van der Waals surface area contributed by atoms with E-state index in [0.717, 1.165) is 6.42 Å². The molecule has 0 aliphatic rings. The van der Waals surface area contributed by atoms with E-state index >= 15 is 0 Å². The second-order valence-corrected chi connectivity index (χ2v) is 3.94. The minimum absolute atomic E-state index is 0.369. The normalized spacial score (nSPS) is 12.7. The zero-order valence-corrected chi connectivity index (χ0v) is 10.7. The van der Waals surface area contributed by atoms with E-state index in [1.807, 2.05) is 0 Å². The highest BCUT2D eigenvalue weighted by atomic mass is 16.5. The van der Waals surface area contributed by atoms with E-state index in [2.05, 4.69) is 29.1 Å². The van der Waals surface area contributed by atoms with Crippen molar-refractivity contribution in [1.29, 1.82) is 0 Å². The molecule has 1 N–H and O–H groups in total. The third-order valence-electron chi connectivity index (χ3n) is 2.27. The number of ether oxygens (including phenoxy) is 1. The zero-order chi connectivity index (χ0) is 12.2. The van der Waals surface area contributed by atoms with E-state index in [-0.39, 0.29) is 0 Å². The molecule has 0 radical (unpaired) electrons. The molecule has 4 nitrogen and oxygen atoms in total. The molecule has 0 aromatic carbocycles. The summed E-state index contributed by atoms with van der Waals surface area (Å²) in [7, 11) is 0. The van der Waals surface area contributed by atoms with Crippen LogP contribution in [-0.4, -0.2) is 18.9 Å². The number of carbonyl (C=O) groups is 1. The highest BCUT2D eigenvalue weighted by molar-refractivity contribution is 5.69. The van der Waals surface area contributed by atoms with Gasteiger partial charge < -0.3 is 4.74 Å². The van der Waals surface area contributed by atoms with Gasteiger partial charge in [-0.25, -0.2) is 10.2 Å². The Kier molecular flexibility index (Phi) is 9.76. The lowest BCUT2D eigenvalue weighted by molar-refractivity contribution is 0.152. The topological polar surface area (TPSA) is 50.7 Å². The highest BCUT2D eigenvalue weighted by Crippen LogP contribution is 2.08. The molecule has 0 saturated heterocycles. The van der Waals surface area contributed by atoms with E-state index in [1.165, 1.54) is 25.7 Å². The van der Waals surface area contributed by atoms with Gasteiger partial charge in [-0.05, 0) is 19.3 Å². The molecule has 0 fully saturated rings. The lowest BCUT2D eigenvalue weighted by Gasteiger charge is -2.05. The molecule has 0 aromatic heterocycles. The van der Waals surface area contributed by atoms with Crippen LogP contribution in [0.1, 0.15) is 52.9 Å². The average Bonchev–Trinajstić information content (AvgIpc) is 2.25. The molecular formula is C12H24N2O2. The fourth-order valence-electron chi connectivity index (χ4n) is 1.35. The summed E-state index contributed by atoms with van der Waals surface area (Å²) >= 11 is 0. The van der Waals surface area contributed by atoms with Gasteiger partial charge in [0.15, 0.2) is 0 Å². The van der Waals surface area contributed by atoms with Crippen LogP contribution in [0, 0.1) is 5.92 Å². The summed E-state index contributed by atoms with van der Waals surface area (Å²) in [5, 5.41) is 3.84. The SMILES string of the molecule is CCCCCCC(C)/C=N/NC(=O)OCC. The number of hydrogen-bond donors (Lipinski definition) is 1. The Bertz CT molecular complexity index is 205. The van der Waals surface area contributed by atoms with Crippen LogP contribution < -0.4 is 5.43 Å².